The number of esters is 1. The van der Waals surface area contributed by atoms with E-state index >= 15 is 0 Å². The molecule has 1 aromatic carbocycles. The maximum absolute atomic E-state index is 12.3. The van der Waals surface area contributed by atoms with Crippen molar-refractivity contribution in [2.75, 3.05) is 13.2 Å². The molecule has 1 aromatic rings. The van der Waals surface area contributed by atoms with Gasteiger partial charge >= 0.3 is 5.97 Å². The summed E-state index contributed by atoms with van der Waals surface area (Å²) in [6, 6.07) is 5.41. The van der Waals surface area contributed by atoms with Gasteiger partial charge in [-0.1, -0.05) is 30.2 Å². The van der Waals surface area contributed by atoms with Gasteiger partial charge in [0, 0.05) is 5.56 Å². The van der Waals surface area contributed by atoms with E-state index in [2.05, 4.69) is 0 Å². The van der Waals surface area contributed by atoms with Crippen molar-refractivity contribution in [2.45, 2.75) is 50.7 Å². The summed E-state index contributed by atoms with van der Waals surface area (Å²) in [5.41, 5.74) is 0.285. The average Bonchev–Trinajstić information content (AvgIpc) is 2.67. The summed E-state index contributed by atoms with van der Waals surface area (Å²) in [5, 5.41) is 0.516. The maximum Gasteiger partial charge on any atom is 0.340 e. The molecule has 5 heteroatoms. The molecule has 0 radical (unpaired) electrons. The smallest absolute Gasteiger partial charge is 0.340 e. The van der Waals surface area contributed by atoms with Crippen molar-refractivity contribution in [1.82, 2.24) is 0 Å². The number of fused-ring (bicyclic) bond motifs is 1. The van der Waals surface area contributed by atoms with E-state index < -0.39 is 6.10 Å². The molecule has 1 unspecified atom stereocenters. The Bertz CT molecular complexity index is 552. The molecule has 0 N–H and O–H groups in total. The van der Waals surface area contributed by atoms with E-state index in [1.807, 2.05) is 6.07 Å². The third kappa shape index (κ3) is 2.95. The zero-order chi connectivity index (χ0) is 15.6. The Morgan fingerprint density at radius 2 is 2.14 bits per heavy atom. The first-order valence-corrected chi connectivity index (χ1v) is 8.29. The van der Waals surface area contributed by atoms with Crippen molar-refractivity contribution >= 4 is 17.6 Å². The fraction of sp³-hybridized carbons (Fsp3) is 0.588. The van der Waals surface area contributed by atoms with Crippen molar-refractivity contribution in [3.8, 4) is 5.75 Å². The second-order valence-electron chi connectivity index (χ2n) is 5.95. The quantitative estimate of drug-likeness (QED) is 0.770. The highest BCUT2D eigenvalue weighted by molar-refractivity contribution is 6.32. The second kappa shape index (κ2) is 6.47. The zero-order valence-electron chi connectivity index (χ0n) is 12.8. The van der Waals surface area contributed by atoms with E-state index in [1.54, 1.807) is 19.1 Å². The molecule has 0 amide bonds. The molecule has 2 aliphatic rings. The van der Waals surface area contributed by atoms with Gasteiger partial charge in [0.05, 0.1) is 18.2 Å². The Morgan fingerprint density at radius 3 is 2.86 bits per heavy atom. The van der Waals surface area contributed by atoms with Gasteiger partial charge in [0.25, 0.3) is 0 Å². The van der Waals surface area contributed by atoms with Crippen molar-refractivity contribution in [3.63, 3.8) is 0 Å². The summed E-state index contributed by atoms with van der Waals surface area (Å²) in [6.07, 6.45) is 4.50. The summed E-state index contributed by atoms with van der Waals surface area (Å²) in [5.74, 6) is 0.184. The van der Waals surface area contributed by atoms with Crippen LogP contribution in [0.2, 0.25) is 5.02 Å². The van der Waals surface area contributed by atoms with Crippen LogP contribution in [-0.2, 0) is 14.3 Å². The van der Waals surface area contributed by atoms with Crippen LogP contribution < -0.4 is 4.74 Å². The lowest BCUT2D eigenvalue weighted by atomic mass is 9.85. The van der Waals surface area contributed by atoms with Crippen molar-refractivity contribution in [3.05, 3.63) is 28.8 Å². The molecule has 1 fully saturated rings. The topological polar surface area (TPSA) is 44.8 Å². The summed E-state index contributed by atoms with van der Waals surface area (Å²) in [4.78, 5) is 12.3. The van der Waals surface area contributed by atoms with E-state index in [4.69, 9.17) is 25.8 Å². The Morgan fingerprint density at radius 1 is 1.36 bits per heavy atom. The molecular formula is C17H21ClO4. The molecular weight excluding hydrogens is 304 g/mol. The standard InChI is InChI=1S/C17H21ClO4/c1-2-20-16(19)15-12-7-6-8-13(18)14(12)22-17(11-21-15)9-4-3-5-10-17/h6-8,15H,2-5,9-11H2,1H3. The number of hydrogen-bond donors (Lipinski definition) is 0. The van der Waals surface area contributed by atoms with Gasteiger partial charge in [-0.25, -0.2) is 4.79 Å². The van der Waals surface area contributed by atoms with Gasteiger partial charge in [-0.05, 0) is 38.7 Å². The van der Waals surface area contributed by atoms with Crippen LogP contribution in [-0.4, -0.2) is 24.8 Å². The molecule has 120 valence electrons. The van der Waals surface area contributed by atoms with Crippen LogP contribution in [0.15, 0.2) is 18.2 Å². The largest absolute Gasteiger partial charge is 0.483 e. The molecule has 1 spiro atoms. The third-order valence-electron chi connectivity index (χ3n) is 4.38. The number of halogens is 1. The SMILES string of the molecule is CCOC(=O)C1OCC2(CCCCC2)Oc2c(Cl)cccc21. The molecule has 1 heterocycles. The van der Waals surface area contributed by atoms with E-state index in [0.717, 1.165) is 25.7 Å². The predicted molar refractivity (Wildman–Crippen MR) is 83.2 cm³/mol. The van der Waals surface area contributed by atoms with Crippen molar-refractivity contribution < 1.29 is 19.0 Å². The number of rotatable bonds is 2. The van der Waals surface area contributed by atoms with Crippen molar-refractivity contribution in [1.29, 1.82) is 0 Å². The number of hydrogen-bond acceptors (Lipinski definition) is 4. The fourth-order valence-electron chi connectivity index (χ4n) is 3.27. The first-order valence-electron chi connectivity index (χ1n) is 7.91. The number of ether oxygens (including phenoxy) is 3. The van der Waals surface area contributed by atoms with E-state index in [-0.39, 0.29) is 11.6 Å². The fourth-order valence-corrected chi connectivity index (χ4v) is 3.49. The Labute approximate surface area is 135 Å². The molecule has 1 saturated carbocycles. The van der Waals surface area contributed by atoms with Gasteiger partial charge < -0.3 is 14.2 Å². The van der Waals surface area contributed by atoms with Gasteiger partial charge in [-0.3, -0.25) is 0 Å². The highest BCUT2D eigenvalue weighted by Crippen LogP contribution is 2.44. The van der Waals surface area contributed by atoms with E-state index in [1.165, 1.54) is 6.42 Å². The van der Waals surface area contributed by atoms with Crippen LogP contribution >= 0.6 is 11.6 Å². The minimum Gasteiger partial charge on any atom is -0.483 e. The number of carbonyl (C=O) groups is 1. The predicted octanol–water partition coefficient (Wildman–Crippen LogP) is 4.06. The van der Waals surface area contributed by atoms with Gasteiger partial charge in [0.2, 0.25) is 0 Å². The lowest BCUT2D eigenvalue weighted by molar-refractivity contribution is -0.160. The monoisotopic (exact) mass is 324 g/mol. The lowest BCUT2D eigenvalue weighted by Crippen LogP contribution is -2.42. The van der Waals surface area contributed by atoms with Crippen molar-refractivity contribution in [2.24, 2.45) is 0 Å². The minimum absolute atomic E-state index is 0.320. The highest BCUT2D eigenvalue weighted by Gasteiger charge is 2.42. The zero-order valence-corrected chi connectivity index (χ0v) is 13.5. The van der Waals surface area contributed by atoms with Gasteiger partial charge in [0.1, 0.15) is 11.4 Å². The minimum atomic E-state index is -0.769. The lowest BCUT2D eigenvalue weighted by Gasteiger charge is -2.36. The van der Waals surface area contributed by atoms with Crippen LogP contribution in [0, 0.1) is 0 Å². The molecule has 22 heavy (non-hydrogen) atoms. The molecule has 1 aliphatic carbocycles. The van der Waals surface area contributed by atoms with Gasteiger partial charge in [-0.15, -0.1) is 0 Å². The van der Waals surface area contributed by atoms with E-state index in [9.17, 15) is 4.79 Å². The van der Waals surface area contributed by atoms with Crippen LogP contribution in [0.4, 0.5) is 0 Å². The summed E-state index contributed by atoms with van der Waals surface area (Å²) in [7, 11) is 0. The Kier molecular flexibility index (Phi) is 4.59. The first kappa shape index (κ1) is 15.6. The Hall–Kier alpha value is -1.26. The molecule has 3 rings (SSSR count). The molecule has 0 aromatic heterocycles. The molecule has 1 aliphatic heterocycles. The van der Waals surface area contributed by atoms with E-state index in [0.29, 0.717) is 29.5 Å². The summed E-state index contributed by atoms with van der Waals surface area (Å²) in [6.45, 7) is 2.49. The number of benzene rings is 1. The van der Waals surface area contributed by atoms with Crippen LogP contribution in [0.25, 0.3) is 0 Å². The Balaban J connectivity index is 1.98. The second-order valence-corrected chi connectivity index (χ2v) is 6.35. The maximum atomic E-state index is 12.3. The van der Waals surface area contributed by atoms with Gasteiger partial charge in [-0.2, -0.15) is 0 Å². The average molecular weight is 325 g/mol. The molecule has 0 saturated heterocycles. The van der Waals surface area contributed by atoms with Crippen LogP contribution in [0.3, 0.4) is 0 Å². The molecule has 4 nitrogen and oxygen atoms in total. The van der Waals surface area contributed by atoms with Gasteiger partial charge in [0.15, 0.2) is 6.10 Å². The molecule has 0 bridgehead atoms. The normalized spacial score (nSPS) is 23.3. The summed E-state index contributed by atoms with van der Waals surface area (Å²) < 4.78 is 17.4. The summed E-state index contributed by atoms with van der Waals surface area (Å²) >= 11 is 6.33. The van der Waals surface area contributed by atoms with Crippen LogP contribution in [0.5, 0.6) is 5.75 Å². The highest BCUT2D eigenvalue weighted by atomic mass is 35.5. The third-order valence-corrected chi connectivity index (χ3v) is 4.67. The number of carbonyl (C=O) groups excluding carboxylic acids is 1. The molecule has 1 atom stereocenters. The first-order chi connectivity index (χ1) is 10.7. The number of para-hydroxylation sites is 1. The van der Waals surface area contributed by atoms with Crippen LogP contribution in [0.1, 0.15) is 50.7 Å².